The predicted molar refractivity (Wildman–Crippen MR) is 72.0 cm³/mol. The molecule has 1 aromatic rings. The highest BCUT2D eigenvalue weighted by molar-refractivity contribution is 5.94. The summed E-state index contributed by atoms with van der Waals surface area (Å²) in [5.74, 6) is 0.647. The smallest absolute Gasteiger partial charge is 0.251 e. The first-order valence-corrected chi connectivity index (χ1v) is 6.11. The van der Waals surface area contributed by atoms with Crippen molar-refractivity contribution in [3.05, 3.63) is 23.4 Å². The molecule has 0 saturated carbocycles. The summed E-state index contributed by atoms with van der Waals surface area (Å²) in [6.45, 7) is 3.27. The third-order valence-corrected chi connectivity index (χ3v) is 2.53. The van der Waals surface area contributed by atoms with Crippen LogP contribution < -0.4 is 10.6 Å². The summed E-state index contributed by atoms with van der Waals surface area (Å²) in [5, 5.41) is 5.83. The van der Waals surface area contributed by atoms with Crippen LogP contribution in [0.15, 0.2) is 12.1 Å². The predicted octanol–water partition coefficient (Wildman–Crippen LogP) is 1.59. The Morgan fingerprint density at radius 2 is 2.17 bits per heavy atom. The number of pyridine rings is 1. The molecule has 0 unspecified atom stereocenters. The second kappa shape index (κ2) is 7.66. The number of carbonyl (C=O) groups is 1. The minimum Gasteiger partial charge on any atom is -0.385 e. The number of hydrogen-bond donors (Lipinski definition) is 2. The first-order valence-electron chi connectivity index (χ1n) is 6.11. The average molecular weight is 251 g/mol. The molecule has 18 heavy (non-hydrogen) atoms. The molecule has 0 fully saturated rings. The fourth-order valence-electron chi connectivity index (χ4n) is 1.60. The van der Waals surface area contributed by atoms with E-state index in [2.05, 4.69) is 15.6 Å². The van der Waals surface area contributed by atoms with E-state index in [0.717, 1.165) is 25.1 Å². The second-order valence-corrected chi connectivity index (χ2v) is 4.09. The molecular weight excluding hydrogens is 230 g/mol. The lowest BCUT2D eigenvalue weighted by atomic mass is 10.2. The van der Waals surface area contributed by atoms with Crippen molar-refractivity contribution in [3.8, 4) is 0 Å². The third kappa shape index (κ3) is 4.71. The van der Waals surface area contributed by atoms with E-state index in [1.165, 1.54) is 0 Å². The Labute approximate surface area is 108 Å². The molecule has 0 aliphatic heterocycles. The number of carbonyl (C=O) groups excluding carboxylic acids is 1. The Balaban J connectivity index is 2.48. The number of unbranched alkanes of at least 4 members (excludes halogenated alkanes) is 1. The van der Waals surface area contributed by atoms with Gasteiger partial charge >= 0.3 is 0 Å². The number of aryl methyl sites for hydroxylation is 1. The van der Waals surface area contributed by atoms with Crippen molar-refractivity contribution >= 4 is 11.7 Å². The lowest BCUT2D eigenvalue weighted by Crippen LogP contribution is -2.25. The van der Waals surface area contributed by atoms with Gasteiger partial charge in [0.1, 0.15) is 5.82 Å². The van der Waals surface area contributed by atoms with Gasteiger partial charge in [0, 0.05) is 38.6 Å². The normalized spacial score (nSPS) is 10.2. The van der Waals surface area contributed by atoms with E-state index in [9.17, 15) is 4.79 Å². The number of ether oxygens (including phenoxy) is 1. The molecule has 1 aromatic heterocycles. The van der Waals surface area contributed by atoms with E-state index in [4.69, 9.17) is 4.74 Å². The van der Waals surface area contributed by atoms with Gasteiger partial charge in [0.2, 0.25) is 0 Å². The van der Waals surface area contributed by atoms with Gasteiger partial charge in [-0.05, 0) is 31.9 Å². The Morgan fingerprint density at radius 1 is 1.39 bits per heavy atom. The van der Waals surface area contributed by atoms with Gasteiger partial charge in [-0.25, -0.2) is 4.98 Å². The molecule has 1 amide bonds. The van der Waals surface area contributed by atoms with E-state index >= 15 is 0 Å². The van der Waals surface area contributed by atoms with Gasteiger partial charge in [-0.1, -0.05) is 0 Å². The molecule has 0 bridgehead atoms. The molecule has 0 atom stereocenters. The molecule has 5 heteroatoms. The maximum absolute atomic E-state index is 11.9. The molecule has 0 spiro atoms. The van der Waals surface area contributed by atoms with Crippen molar-refractivity contribution in [3.63, 3.8) is 0 Å². The summed E-state index contributed by atoms with van der Waals surface area (Å²) >= 11 is 0. The first-order chi connectivity index (χ1) is 8.67. The largest absolute Gasteiger partial charge is 0.385 e. The Morgan fingerprint density at radius 3 is 2.83 bits per heavy atom. The van der Waals surface area contributed by atoms with Crippen molar-refractivity contribution in [1.29, 1.82) is 0 Å². The summed E-state index contributed by atoms with van der Waals surface area (Å²) in [7, 11) is 3.46. The van der Waals surface area contributed by atoms with Crippen LogP contribution in [-0.4, -0.2) is 38.2 Å². The zero-order valence-electron chi connectivity index (χ0n) is 11.2. The van der Waals surface area contributed by atoms with E-state index in [0.29, 0.717) is 17.9 Å². The molecule has 0 radical (unpaired) electrons. The van der Waals surface area contributed by atoms with Crippen molar-refractivity contribution in [1.82, 2.24) is 10.3 Å². The number of nitrogens with one attached hydrogen (secondary N) is 2. The summed E-state index contributed by atoms with van der Waals surface area (Å²) in [4.78, 5) is 16.1. The molecule has 1 heterocycles. The molecule has 0 saturated heterocycles. The second-order valence-electron chi connectivity index (χ2n) is 4.09. The summed E-state index contributed by atoms with van der Waals surface area (Å²) in [5.41, 5.74) is 1.46. The van der Waals surface area contributed by atoms with Gasteiger partial charge in [-0.2, -0.15) is 0 Å². The summed E-state index contributed by atoms with van der Waals surface area (Å²) < 4.78 is 4.95. The van der Waals surface area contributed by atoms with Gasteiger partial charge in [0.25, 0.3) is 5.91 Å². The van der Waals surface area contributed by atoms with E-state index in [1.807, 2.05) is 6.92 Å². The number of rotatable bonds is 7. The van der Waals surface area contributed by atoms with E-state index in [-0.39, 0.29) is 5.91 Å². The molecule has 0 aliphatic carbocycles. The molecule has 100 valence electrons. The first kappa shape index (κ1) is 14.4. The summed E-state index contributed by atoms with van der Waals surface area (Å²) in [6.07, 6.45) is 1.87. The van der Waals surface area contributed by atoms with E-state index in [1.54, 1.807) is 26.3 Å². The highest BCUT2D eigenvalue weighted by Gasteiger charge is 2.07. The van der Waals surface area contributed by atoms with Gasteiger partial charge in [-0.3, -0.25) is 4.79 Å². The van der Waals surface area contributed by atoms with Crippen LogP contribution in [0.5, 0.6) is 0 Å². The number of anilines is 1. The third-order valence-electron chi connectivity index (χ3n) is 2.53. The maximum atomic E-state index is 11.9. The SMILES string of the molecule is CNc1cc(C(=O)NCCCCOC)cc(C)n1. The quantitative estimate of drug-likeness (QED) is 0.722. The number of hydrogen-bond acceptors (Lipinski definition) is 4. The topological polar surface area (TPSA) is 63.2 Å². The fraction of sp³-hybridized carbons (Fsp3) is 0.538. The number of amides is 1. The van der Waals surface area contributed by atoms with Crippen LogP contribution in [0.1, 0.15) is 28.9 Å². The fourth-order valence-corrected chi connectivity index (χ4v) is 1.60. The van der Waals surface area contributed by atoms with Gasteiger partial charge < -0.3 is 15.4 Å². The monoisotopic (exact) mass is 251 g/mol. The van der Waals surface area contributed by atoms with Crippen molar-refractivity contribution in [2.45, 2.75) is 19.8 Å². The van der Waals surface area contributed by atoms with Crippen LogP contribution in [0.2, 0.25) is 0 Å². The lowest BCUT2D eigenvalue weighted by Gasteiger charge is -2.07. The minimum atomic E-state index is -0.0607. The molecule has 0 aromatic carbocycles. The van der Waals surface area contributed by atoms with Gasteiger partial charge in [0.15, 0.2) is 0 Å². The number of nitrogens with zero attached hydrogens (tertiary/aromatic N) is 1. The Hall–Kier alpha value is -1.62. The zero-order valence-corrected chi connectivity index (χ0v) is 11.2. The number of methoxy groups -OCH3 is 1. The van der Waals surface area contributed by atoms with Crippen LogP contribution in [0.4, 0.5) is 5.82 Å². The van der Waals surface area contributed by atoms with Crippen molar-refractivity contribution < 1.29 is 9.53 Å². The zero-order chi connectivity index (χ0) is 13.4. The molecule has 0 aliphatic rings. The van der Waals surface area contributed by atoms with Crippen LogP contribution >= 0.6 is 0 Å². The van der Waals surface area contributed by atoms with Crippen LogP contribution in [0.25, 0.3) is 0 Å². The van der Waals surface area contributed by atoms with Crippen molar-refractivity contribution in [2.75, 3.05) is 32.6 Å². The highest BCUT2D eigenvalue weighted by Crippen LogP contribution is 2.09. The Kier molecular flexibility index (Phi) is 6.14. The molecule has 2 N–H and O–H groups in total. The van der Waals surface area contributed by atoms with Crippen LogP contribution in [-0.2, 0) is 4.74 Å². The molecule has 1 rings (SSSR count). The standard InChI is InChI=1S/C13H21N3O2/c1-10-8-11(9-12(14-2)16-10)13(17)15-6-4-5-7-18-3/h8-9H,4-7H2,1-3H3,(H,14,16)(H,15,17). The molecular formula is C13H21N3O2. The van der Waals surface area contributed by atoms with Crippen molar-refractivity contribution in [2.24, 2.45) is 0 Å². The Bertz CT molecular complexity index is 394. The number of aromatic nitrogens is 1. The van der Waals surface area contributed by atoms with E-state index < -0.39 is 0 Å². The minimum absolute atomic E-state index is 0.0607. The van der Waals surface area contributed by atoms with Gasteiger partial charge in [0.05, 0.1) is 0 Å². The summed E-state index contributed by atoms with van der Waals surface area (Å²) in [6, 6.07) is 3.53. The average Bonchev–Trinajstić information content (AvgIpc) is 2.37. The molecule has 5 nitrogen and oxygen atoms in total. The highest BCUT2D eigenvalue weighted by atomic mass is 16.5. The maximum Gasteiger partial charge on any atom is 0.251 e. The van der Waals surface area contributed by atoms with Crippen LogP contribution in [0.3, 0.4) is 0 Å². The van der Waals surface area contributed by atoms with Gasteiger partial charge in [-0.15, -0.1) is 0 Å². The van der Waals surface area contributed by atoms with Crippen LogP contribution in [0, 0.1) is 6.92 Å². The lowest BCUT2D eigenvalue weighted by molar-refractivity contribution is 0.0951.